The van der Waals surface area contributed by atoms with Crippen LogP contribution < -0.4 is 0 Å². The molecule has 4 heterocycles. The molecule has 2 atom stereocenters. The van der Waals surface area contributed by atoms with Gasteiger partial charge in [0.15, 0.2) is 17.7 Å². The van der Waals surface area contributed by atoms with E-state index in [4.69, 9.17) is 4.74 Å². The van der Waals surface area contributed by atoms with Gasteiger partial charge in [0.25, 0.3) is 0 Å². The summed E-state index contributed by atoms with van der Waals surface area (Å²) in [5.41, 5.74) is 1.09. The summed E-state index contributed by atoms with van der Waals surface area (Å²) in [6.45, 7) is 3.20. The van der Waals surface area contributed by atoms with E-state index in [0.717, 1.165) is 54.0 Å². The monoisotopic (exact) mass is 496 g/mol. The Bertz CT molecular complexity index is 1190. The molecule has 3 fully saturated rings. The Hall–Kier alpha value is -2.90. The van der Waals surface area contributed by atoms with Crippen LogP contribution in [0.5, 0.6) is 0 Å². The van der Waals surface area contributed by atoms with Gasteiger partial charge < -0.3 is 9.22 Å². The van der Waals surface area contributed by atoms with Crippen molar-refractivity contribution in [3.63, 3.8) is 0 Å². The molecule has 0 aliphatic carbocycles. The van der Waals surface area contributed by atoms with Crippen molar-refractivity contribution in [3.05, 3.63) is 93.7 Å². The molecule has 0 radical (unpaired) electrons. The van der Waals surface area contributed by atoms with E-state index in [0.29, 0.717) is 23.6 Å². The van der Waals surface area contributed by atoms with Crippen LogP contribution >= 0.6 is 11.3 Å². The molecule has 0 spiro atoms. The van der Waals surface area contributed by atoms with E-state index < -0.39 is 17.7 Å². The smallest absolute Gasteiger partial charge is 0.307 e. The van der Waals surface area contributed by atoms with Crippen LogP contribution in [0.2, 0.25) is 0 Å². The van der Waals surface area contributed by atoms with Crippen LogP contribution in [0.1, 0.15) is 46.2 Å². The Morgan fingerprint density at radius 3 is 2.43 bits per heavy atom. The highest BCUT2D eigenvalue weighted by Crippen LogP contribution is 2.40. The largest absolute Gasteiger partial charge is 0.453 e. The standard InChI is InChI=1S/C28H28F2NO3S/c29-23-9-8-21(15-24(23)30)28(20-5-2-1-3-6-20)34-27(33)16-22-17-31(12-10-19(22)11-13-31)18-25(32)26-7-4-14-35-26/h1-9,14-15,19,22,28H,10-13,16-18H2/q+1/t19?,22-,28?,31?/m0/s1. The van der Waals surface area contributed by atoms with Gasteiger partial charge in [-0.05, 0) is 35.1 Å². The molecular weight excluding hydrogens is 468 g/mol. The average molecular weight is 497 g/mol. The van der Waals surface area contributed by atoms with Crippen LogP contribution in [0, 0.1) is 23.5 Å². The molecule has 4 nitrogen and oxygen atoms in total. The molecule has 0 saturated carbocycles. The second-order valence-electron chi connectivity index (χ2n) is 9.79. The summed E-state index contributed by atoms with van der Waals surface area (Å²) in [5.74, 6) is -1.52. The topological polar surface area (TPSA) is 43.4 Å². The highest BCUT2D eigenvalue weighted by molar-refractivity contribution is 7.12. The van der Waals surface area contributed by atoms with Gasteiger partial charge in [-0.3, -0.25) is 9.59 Å². The molecule has 1 unspecified atom stereocenters. The Morgan fingerprint density at radius 2 is 1.74 bits per heavy atom. The summed E-state index contributed by atoms with van der Waals surface area (Å²) in [6, 6.07) is 16.5. The number of carbonyl (C=O) groups excluding carboxylic acids is 2. The fourth-order valence-corrected chi connectivity index (χ4v) is 6.39. The van der Waals surface area contributed by atoms with Crippen molar-refractivity contribution in [1.82, 2.24) is 0 Å². The molecule has 0 amide bonds. The molecule has 2 aromatic carbocycles. The molecule has 7 heteroatoms. The van der Waals surface area contributed by atoms with Crippen molar-refractivity contribution >= 4 is 23.1 Å². The number of hydrogen-bond acceptors (Lipinski definition) is 4. The zero-order valence-electron chi connectivity index (χ0n) is 19.4. The third-order valence-corrected chi connectivity index (χ3v) is 8.45. The first-order chi connectivity index (χ1) is 16.9. The number of rotatable bonds is 8. The quantitative estimate of drug-likeness (QED) is 0.225. The molecule has 6 rings (SSSR count). The molecule has 3 aromatic rings. The van der Waals surface area contributed by atoms with Crippen LogP contribution in [-0.4, -0.2) is 42.4 Å². The molecule has 2 bridgehead atoms. The molecule has 3 saturated heterocycles. The van der Waals surface area contributed by atoms with Crippen LogP contribution in [0.15, 0.2) is 66.0 Å². The van der Waals surface area contributed by atoms with Crippen molar-refractivity contribution in [1.29, 1.82) is 0 Å². The Balaban J connectivity index is 1.30. The normalized spacial score (nSPS) is 24.2. The molecular formula is C28H28F2NO3S+. The summed E-state index contributed by atoms with van der Waals surface area (Å²) in [5, 5.41) is 1.92. The number of ether oxygens (including phenoxy) is 1. The lowest BCUT2D eigenvalue weighted by atomic mass is 9.75. The lowest BCUT2D eigenvalue weighted by Gasteiger charge is -2.52. The molecule has 0 N–H and O–H groups in total. The van der Waals surface area contributed by atoms with Gasteiger partial charge >= 0.3 is 5.97 Å². The van der Waals surface area contributed by atoms with Gasteiger partial charge in [-0.1, -0.05) is 42.5 Å². The Kier molecular flexibility index (Phi) is 6.80. The summed E-state index contributed by atoms with van der Waals surface area (Å²) >= 11 is 1.47. The summed E-state index contributed by atoms with van der Waals surface area (Å²) in [7, 11) is 0. The zero-order valence-corrected chi connectivity index (χ0v) is 20.2. The minimum atomic E-state index is -0.973. The predicted octanol–water partition coefficient (Wildman–Crippen LogP) is 5.79. The van der Waals surface area contributed by atoms with Gasteiger partial charge in [-0.25, -0.2) is 8.78 Å². The fraction of sp³-hybridized carbons (Fsp3) is 0.357. The first kappa shape index (κ1) is 23.8. The number of carbonyl (C=O) groups is 2. The summed E-state index contributed by atoms with van der Waals surface area (Å²) < 4.78 is 34.1. The third kappa shape index (κ3) is 5.21. The van der Waals surface area contributed by atoms with Crippen molar-refractivity contribution in [2.24, 2.45) is 11.8 Å². The number of thiophene rings is 1. The molecule has 1 aromatic heterocycles. The molecule has 3 aliphatic heterocycles. The van der Waals surface area contributed by atoms with Crippen LogP contribution in [0.3, 0.4) is 0 Å². The number of quaternary nitrogens is 1. The van der Waals surface area contributed by atoms with E-state index in [1.54, 1.807) is 0 Å². The lowest BCUT2D eigenvalue weighted by Crippen LogP contribution is -2.63. The Labute approximate surface area is 207 Å². The van der Waals surface area contributed by atoms with Crippen LogP contribution in [-0.2, 0) is 9.53 Å². The van der Waals surface area contributed by atoms with E-state index >= 15 is 0 Å². The predicted molar refractivity (Wildman–Crippen MR) is 130 cm³/mol. The second kappa shape index (κ2) is 9.99. The van der Waals surface area contributed by atoms with E-state index in [2.05, 4.69) is 0 Å². The number of nitrogens with zero attached hydrogens (tertiary/aromatic N) is 1. The van der Waals surface area contributed by atoms with E-state index in [1.807, 2.05) is 47.8 Å². The van der Waals surface area contributed by atoms with E-state index in [9.17, 15) is 18.4 Å². The Morgan fingerprint density at radius 1 is 0.971 bits per heavy atom. The summed E-state index contributed by atoms with van der Waals surface area (Å²) in [4.78, 5) is 26.8. The van der Waals surface area contributed by atoms with Crippen LogP contribution in [0.4, 0.5) is 8.78 Å². The van der Waals surface area contributed by atoms with Crippen molar-refractivity contribution in [2.75, 3.05) is 26.2 Å². The van der Waals surface area contributed by atoms with Gasteiger partial charge in [-0.15, -0.1) is 11.3 Å². The lowest BCUT2D eigenvalue weighted by molar-refractivity contribution is -0.939. The maximum atomic E-state index is 14.0. The first-order valence-corrected chi connectivity index (χ1v) is 12.9. The number of ketones is 1. The maximum absolute atomic E-state index is 14.0. The molecule has 3 aliphatic rings. The number of fused-ring (bicyclic) bond motifs is 3. The maximum Gasteiger partial charge on any atom is 0.307 e. The number of benzene rings is 2. The number of halogens is 2. The van der Waals surface area contributed by atoms with Gasteiger partial charge in [0.2, 0.25) is 5.78 Å². The first-order valence-electron chi connectivity index (χ1n) is 12.0. The van der Waals surface area contributed by atoms with E-state index in [1.165, 1.54) is 17.4 Å². The number of Topliss-reactive ketones (excluding diaryl/α,β-unsaturated/α-hetero) is 1. The van der Waals surface area contributed by atoms with Gasteiger partial charge in [-0.2, -0.15) is 0 Å². The fourth-order valence-electron chi connectivity index (χ4n) is 5.74. The van der Waals surface area contributed by atoms with Crippen molar-refractivity contribution in [3.8, 4) is 0 Å². The summed E-state index contributed by atoms with van der Waals surface area (Å²) in [6.07, 6.45) is 1.44. The zero-order chi connectivity index (χ0) is 24.4. The highest BCUT2D eigenvalue weighted by Gasteiger charge is 2.47. The SMILES string of the molecule is O=C(C[C@H]1C[N+]2(CC(=O)c3cccs3)CCC1CC2)OC(c1ccccc1)c1ccc(F)c(F)c1. The molecule has 35 heavy (non-hydrogen) atoms. The second-order valence-corrected chi connectivity index (χ2v) is 10.7. The minimum absolute atomic E-state index is 0.141. The number of piperidine rings is 3. The third-order valence-electron chi connectivity index (χ3n) is 7.54. The number of hydrogen-bond donors (Lipinski definition) is 0. The minimum Gasteiger partial charge on any atom is -0.453 e. The van der Waals surface area contributed by atoms with Crippen molar-refractivity contribution < 1.29 is 27.6 Å². The van der Waals surface area contributed by atoms with Gasteiger partial charge in [0.1, 0.15) is 6.54 Å². The molecule has 182 valence electrons. The van der Waals surface area contributed by atoms with Gasteiger partial charge in [0.05, 0.1) is 30.9 Å². The highest BCUT2D eigenvalue weighted by atomic mass is 32.1. The average Bonchev–Trinajstić information content (AvgIpc) is 3.41. The van der Waals surface area contributed by atoms with Crippen molar-refractivity contribution in [2.45, 2.75) is 25.4 Å². The van der Waals surface area contributed by atoms with E-state index in [-0.39, 0.29) is 24.1 Å². The number of esters is 1. The van der Waals surface area contributed by atoms with Gasteiger partial charge in [0, 0.05) is 24.3 Å². The van der Waals surface area contributed by atoms with Crippen LogP contribution in [0.25, 0.3) is 0 Å².